The topological polar surface area (TPSA) is 21.3 Å². The number of hydrogen-bond acceptors (Lipinski definition) is 2. The number of nitrogens with one attached hydrogen (secondary N) is 1. The molecule has 2 nitrogen and oxygen atoms in total. The Labute approximate surface area is 116 Å². The normalized spacial score (nSPS) is 24.9. The highest BCUT2D eigenvalue weighted by molar-refractivity contribution is 9.10. The van der Waals surface area contributed by atoms with Crippen molar-refractivity contribution in [1.29, 1.82) is 0 Å². The van der Waals surface area contributed by atoms with E-state index in [0.717, 1.165) is 35.6 Å². The van der Waals surface area contributed by atoms with E-state index in [4.69, 9.17) is 16.3 Å². The minimum absolute atomic E-state index is 0.443. The average Bonchev–Trinajstić information content (AvgIpc) is 2.28. The summed E-state index contributed by atoms with van der Waals surface area (Å²) in [5.41, 5.74) is 1.20. The van der Waals surface area contributed by atoms with E-state index in [1.807, 2.05) is 12.1 Å². The molecule has 1 aliphatic heterocycles. The highest BCUT2D eigenvalue weighted by atomic mass is 79.9. The summed E-state index contributed by atoms with van der Waals surface area (Å²) in [4.78, 5) is 0. The maximum absolute atomic E-state index is 6.19. The zero-order valence-corrected chi connectivity index (χ0v) is 12.2. The Balaban J connectivity index is 1.88. The van der Waals surface area contributed by atoms with Crippen LogP contribution < -0.4 is 5.32 Å². The Morgan fingerprint density at radius 2 is 2.29 bits per heavy atom. The summed E-state index contributed by atoms with van der Waals surface area (Å²) in [6.07, 6.45) is 2.05. The van der Waals surface area contributed by atoms with Gasteiger partial charge in [-0.25, -0.2) is 0 Å². The van der Waals surface area contributed by atoms with E-state index < -0.39 is 0 Å². The minimum atomic E-state index is 0.443. The molecule has 1 fully saturated rings. The van der Waals surface area contributed by atoms with Gasteiger partial charge in [0.2, 0.25) is 0 Å². The minimum Gasteiger partial charge on any atom is -0.378 e. The van der Waals surface area contributed by atoms with Crippen LogP contribution in [-0.4, -0.2) is 25.3 Å². The van der Waals surface area contributed by atoms with Crippen LogP contribution in [0.5, 0.6) is 0 Å². The maximum atomic E-state index is 6.19. The Morgan fingerprint density at radius 1 is 1.47 bits per heavy atom. The maximum Gasteiger partial charge on any atom is 0.0620 e. The second kappa shape index (κ2) is 6.19. The van der Waals surface area contributed by atoms with Crippen LogP contribution in [0.25, 0.3) is 0 Å². The first kappa shape index (κ1) is 13.3. The molecule has 0 aliphatic carbocycles. The zero-order chi connectivity index (χ0) is 12.3. The molecular weight excluding hydrogens is 302 g/mol. The molecule has 2 unspecified atom stereocenters. The predicted octanol–water partition coefficient (Wildman–Crippen LogP) is 3.41. The molecule has 94 valence electrons. The fourth-order valence-corrected chi connectivity index (χ4v) is 2.87. The molecule has 4 heteroatoms. The first-order valence-corrected chi connectivity index (χ1v) is 7.10. The van der Waals surface area contributed by atoms with Gasteiger partial charge in [-0.3, -0.25) is 0 Å². The molecule has 0 radical (unpaired) electrons. The van der Waals surface area contributed by atoms with Crippen LogP contribution in [0.15, 0.2) is 22.7 Å². The summed E-state index contributed by atoms with van der Waals surface area (Å²) in [5, 5.41) is 4.38. The molecule has 1 heterocycles. The number of morpholine rings is 1. The summed E-state index contributed by atoms with van der Waals surface area (Å²) in [7, 11) is 0. The van der Waals surface area contributed by atoms with Crippen LogP contribution >= 0.6 is 27.5 Å². The van der Waals surface area contributed by atoms with Gasteiger partial charge >= 0.3 is 0 Å². The van der Waals surface area contributed by atoms with Gasteiger partial charge in [0.1, 0.15) is 0 Å². The van der Waals surface area contributed by atoms with Crippen molar-refractivity contribution in [3.8, 4) is 0 Å². The van der Waals surface area contributed by atoms with Crippen molar-refractivity contribution >= 4 is 27.5 Å². The van der Waals surface area contributed by atoms with Crippen molar-refractivity contribution in [2.24, 2.45) is 0 Å². The van der Waals surface area contributed by atoms with Crippen molar-refractivity contribution in [3.05, 3.63) is 33.3 Å². The number of ether oxygens (including phenoxy) is 1. The molecule has 1 aromatic rings. The third-order valence-electron chi connectivity index (χ3n) is 2.98. The van der Waals surface area contributed by atoms with E-state index >= 15 is 0 Å². The van der Waals surface area contributed by atoms with E-state index in [2.05, 4.69) is 34.2 Å². The van der Waals surface area contributed by atoms with Crippen molar-refractivity contribution in [1.82, 2.24) is 5.32 Å². The third kappa shape index (κ3) is 3.95. The highest BCUT2D eigenvalue weighted by Crippen LogP contribution is 2.23. The van der Waals surface area contributed by atoms with Gasteiger partial charge in [-0.2, -0.15) is 0 Å². The first-order valence-electron chi connectivity index (χ1n) is 5.93. The van der Waals surface area contributed by atoms with Gasteiger partial charge in [-0.05, 0) is 37.5 Å². The molecule has 17 heavy (non-hydrogen) atoms. The van der Waals surface area contributed by atoms with Crippen molar-refractivity contribution in [2.45, 2.75) is 31.8 Å². The summed E-state index contributed by atoms with van der Waals surface area (Å²) in [6.45, 7) is 3.77. The molecule has 0 bridgehead atoms. The molecule has 1 saturated heterocycles. The van der Waals surface area contributed by atoms with Crippen LogP contribution in [0, 0.1) is 0 Å². The van der Waals surface area contributed by atoms with Gasteiger partial charge in [0, 0.05) is 21.6 Å². The molecule has 1 aromatic carbocycles. The fraction of sp³-hybridized carbons (Fsp3) is 0.538. The lowest BCUT2D eigenvalue weighted by atomic mass is 10.0. The lowest BCUT2D eigenvalue weighted by Gasteiger charge is -2.29. The molecule has 0 spiro atoms. The number of benzene rings is 1. The van der Waals surface area contributed by atoms with Crippen LogP contribution in [0.2, 0.25) is 5.02 Å². The van der Waals surface area contributed by atoms with Gasteiger partial charge < -0.3 is 10.1 Å². The van der Waals surface area contributed by atoms with E-state index in [-0.39, 0.29) is 0 Å². The largest absolute Gasteiger partial charge is 0.378 e. The lowest BCUT2D eigenvalue weighted by molar-refractivity contribution is 0.0483. The number of halogens is 2. The molecule has 2 atom stereocenters. The smallest absolute Gasteiger partial charge is 0.0620 e. The van der Waals surface area contributed by atoms with Gasteiger partial charge in [-0.15, -0.1) is 0 Å². The van der Waals surface area contributed by atoms with Crippen molar-refractivity contribution in [3.63, 3.8) is 0 Å². The molecule has 0 aromatic heterocycles. The van der Waals surface area contributed by atoms with E-state index in [9.17, 15) is 0 Å². The van der Waals surface area contributed by atoms with Crippen LogP contribution in [-0.2, 0) is 11.2 Å². The zero-order valence-electron chi connectivity index (χ0n) is 9.88. The van der Waals surface area contributed by atoms with E-state index in [1.54, 1.807) is 0 Å². The SMILES string of the molecule is CC1COCC(CCc2ccc(Br)cc2Cl)N1. The molecule has 0 saturated carbocycles. The molecule has 1 aliphatic rings. The lowest BCUT2D eigenvalue weighted by Crippen LogP contribution is -2.47. The molecule has 1 N–H and O–H groups in total. The third-order valence-corrected chi connectivity index (χ3v) is 3.83. The van der Waals surface area contributed by atoms with Crippen LogP contribution in [0.1, 0.15) is 18.9 Å². The monoisotopic (exact) mass is 317 g/mol. The number of aryl methyl sites for hydroxylation is 1. The summed E-state index contributed by atoms with van der Waals surface area (Å²) in [6, 6.07) is 6.96. The summed E-state index contributed by atoms with van der Waals surface area (Å²) < 4.78 is 6.56. The van der Waals surface area contributed by atoms with Gasteiger partial charge in [-0.1, -0.05) is 33.6 Å². The van der Waals surface area contributed by atoms with Gasteiger partial charge in [0.15, 0.2) is 0 Å². The fourth-order valence-electron chi connectivity index (χ4n) is 2.11. The predicted molar refractivity (Wildman–Crippen MR) is 74.7 cm³/mol. The first-order chi connectivity index (χ1) is 8.15. The second-order valence-electron chi connectivity index (χ2n) is 4.58. The number of rotatable bonds is 3. The average molecular weight is 319 g/mol. The molecular formula is C13H17BrClNO. The van der Waals surface area contributed by atoms with Gasteiger partial charge in [0.05, 0.1) is 13.2 Å². The Hall–Kier alpha value is -0.0900. The molecule has 2 rings (SSSR count). The Morgan fingerprint density at radius 3 is 3.00 bits per heavy atom. The quantitative estimate of drug-likeness (QED) is 0.922. The molecule has 0 amide bonds. The highest BCUT2D eigenvalue weighted by Gasteiger charge is 2.18. The number of hydrogen-bond donors (Lipinski definition) is 1. The van der Waals surface area contributed by atoms with E-state index in [0.29, 0.717) is 12.1 Å². The standard InChI is InChI=1S/C13H17BrClNO/c1-9-7-17-8-12(16-9)5-3-10-2-4-11(14)6-13(10)15/h2,4,6,9,12,16H,3,5,7-8H2,1H3. The van der Waals surface area contributed by atoms with E-state index in [1.165, 1.54) is 5.56 Å². The second-order valence-corrected chi connectivity index (χ2v) is 5.90. The summed E-state index contributed by atoms with van der Waals surface area (Å²) in [5.74, 6) is 0. The van der Waals surface area contributed by atoms with Crippen molar-refractivity contribution in [2.75, 3.05) is 13.2 Å². The van der Waals surface area contributed by atoms with Crippen LogP contribution in [0.4, 0.5) is 0 Å². The Bertz CT molecular complexity index is 386. The van der Waals surface area contributed by atoms with Crippen LogP contribution in [0.3, 0.4) is 0 Å². The Kier molecular flexibility index (Phi) is 4.86. The summed E-state index contributed by atoms with van der Waals surface area (Å²) >= 11 is 9.61. The van der Waals surface area contributed by atoms with Crippen molar-refractivity contribution < 1.29 is 4.74 Å². The van der Waals surface area contributed by atoms with Gasteiger partial charge in [0.25, 0.3) is 0 Å².